The Morgan fingerprint density at radius 1 is 1.13 bits per heavy atom. The molecule has 2 aromatic carbocycles. The van der Waals surface area contributed by atoms with Crippen molar-refractivity contribution in [1.82, 2.24) is 4.90 Å². The number of methoxy groups -OCH3 is 1. The zero-order chi connectivity index (χ0) is 22.4. The van der Waals surface area contributed by atoms with Crippen molar-refractivity contribution in [3.05, 3.63) is 58.5 Å². The van der Waals surface area contributed by atoms with Crippen molar-refractivity contribution in [2.24, 2.45) is 4.99 Å². The second-order valence-electron chi connectivity index (χ2n) is 6.48. The molecule has 0 bridgehead atoms. The summed E-state index contributed by atoms with van der Waals surface area (Å²) < 4.78 is 16.0. The Bertz CT molecular complexity index is 1050. The zero-order valence-electron chi connectivity index (χ0n) is 17.9. The number of amidine groups is 1. The highest BCUT2D eigenvalue weighted by molar-refractivity contribution is 8.18. The fourth-order valence-corrected chi connectivity index (χ4v) is 3.87. The van der Waals surface area contributed by atoms with Crippen LogP contribution in [0.5, 0.6) is 11.5 Å². The summed E-state index contributed by atoms with van der Waals surface area (Å²) in [5.41, 5.74) is 1.80. The topological polar surface area (TPSA) is 77.4 Å². The van der Waals surface area contributed by atoms with Gasteiger partial charge in [0.15, 0.2) is 16.7 Å². The average molecular weight is 441 g/mol. The van der Waals surface area contributed by atoms with Crippen LogP contribution in [0.4, 0.5) is 5.69 Å². The molecule has 0 N–H and O–H groups in total. The fourth-order valence-electron chi connectivity index (χ4n) is 2.88. The van der Waals surface area contributed by atoms with E-state index in [0.717, 1.165) is 5.56 Å². The van der Waals surface area contributed by atoms with E-state index in [1.807, 2.05) is 25.1 Å². The molecule has 0 aliphatic carbocycles. The van der Waals surface area contributed by atoms with Crippen molar-refractivity contribution >= 4 is 40.6 Å². The monoisotopic (exact) mass is 440 g/mol. The minimum atomic E-state index is -0.405. The molecule has 1 aliphatic heterocycles. The van der Waals surface area contributed by atoms with Crippen LogP contribution in [0.2, 0.25) is 0 Å². The van der Waals surface area contributed by atoms with Crippen LogP contribution in [-0.4, -0.2) is 49.3 Å². The Kier molecular flexibility index (Phi) is 7.36. The highest BCUT2D eigenvalue weighted by Crippen LogP contribution is 2.35. The quantitative estimate of drug-likeness (QED) is 0.466. The van der Waals surface area contributed by atoms with Gasteiger partial charge in [-0.2, -0.15) is 0 Å². The maximum Gasteiger partial charge on any atom is 0.338 e. The molecule has 1 fully saturated rings. The van der Waals surface area contributed by atoms with E-state index >= 15 is 0 Å². The molecule has 0 spiro atoms. The highest BCUT2D eigenvalue weighted by atomic mass is 32.2. The second-order valence-corrected chi connectivity index (χ2v) is 7.49. The number of hydrogen-bond donors (Lipinski definition) is 0. The number of esters is 1. The molecule has 0 saturated carbocycles. The molecule has 1 heterocycles. The van der Waals surface area contributed by atoms with Gasteiger partial charge < -0.3 is 14.2 Å². The van der Waals surface area contributed by atoms with Crippen LogP contribution < -0.4 is 9.47 Å². The zero-order valence-corrected chi connectivity index (χ0v) is 18.7. The van der Waals surface area contributed by atoms with E-state index in [-0.39, 0.29) is 5.91 Å². The average Bonchev–Trinajstić information content (AvgIpc) is 3.03. The molecule has 1 aliphatic rings. The molecule has 8 heteroatoms. The number of carbonyl (C=O) groups is 2. The normalized spacial score (nSPS) is 16.1. The lowest BCUT2D eigenvalue weighted by Gasteiger charge is -2.09. The number of benzene rings is 2. The maximum atomic E-state index is 12.7. The highest BCUT2D eigenvalue weighted by Gasteiger charge is 2.30. The standard InChI is InChI=1S/C23H24N2O5S/c1-5-29-18-11-10-15(12-19(18)28-4)13-20-21(26)25(3)23(31-20)24-17-9-7-8-16(14-17)22(27)30-6-2/h7-14H,5-6H2,1-4H3. The fraction of sp³-hybridized carbons (Fsp3) is 0.261. The first-order valence-corrected chi connectivity index (χ1v) is 10.6. The Hall–Kier alpha value is -3.26. The number of hydrogen-bond acceptors (Lipinski definition) is 7. The van der Waals surface area contributed by atoms with E-state index in [2.05, 4.69) is 4.99 Å². The number of likely N-dealkylation sites (N-methyl/N-ethyl adjacent to an activating group) is 1. The molecule has 3 rings (SSSR count). The van der Waals surface area contributed by atoms with Crippen molar-refractivity contribution in [2.75, 3.05) is 27.4 Å². The number of thioether (sulfide) groups is 1. The van der Waals surface area contributed by atoms with Crippen LogP contribution in [0.3, 0.4) is 0 Å². The molecule has 0 atom stereocenters. The first-order chi connectivity index (χ1) is 15.0. The third-order valence-electron chi connectivity index (χ3n) is 4.37. The second kappa shape index (κ2) is 10.2. The summed E-state index contributed by atoms with van der Waals surface area (Å²) in [6, 6.07) is 12.3. The van der Waals surface area contributed by atoms with Crippen LogP contribution in [0.15, 0.2) is 52.4 Å². The summed E-state index contributed by atoms with van der Waals surface area (Å²) in [6.07, 6.45) is 1.79. The number of ether oxygens (including phenoxy) is 3. The molecule has 0 radical (unpaired) electrons. The van der Waals surface area contributed by atoms with Gasteiger partial charge in [-0.15, -0.1) is 0 Å². The number of aliphatic imine (C=N–C) groups is 1. The van der Waals surface area contributed by atoms with E-state index in [9.17, 15) is 9.59 Å². The predicted octanol–water partition coefficient (Wildman–Crippen LogP) is 4.50. The van der Waals surface area contributed by atoms with Gasteiger partial charge in [-0.05, 0) is 67.6 Å². The molecule has 1 amide bonds. The minimum Gasteiger partial charge on any atom is -0.493 e. The molecule has 31 heavy (non-hydrogen) atoms. The molecular formula is C23H24N2O5S. The number of carbonyl (C=O) groups excluding carboxylic acids is 2. The SMILES string of the molecule is CCOC(=O)c1cccc(N=C2SC(=Cc3ccc(OCC)c(OC)c3)C(=O)N2C)c1. The van der Waals surface area contributed by atoms with Gasteiger partial charge in [0, 0.05) is 7.05 Å². The van der Waals surface area contributed by atoms with Gasteiger partial charge in [-0.1, -0.05) is 12.1 Å². The number of rotatable bonds is 7. The lowest BCUT2D eigenvalue weighted by Crippen LogP contribution is -2.23. The van der Waals surface area contributed by atoms with Crippen molar-refractivity contribution in [3.8, 4) is 11.5 Å². The molecular weight excluding hydrogens is 416 g/mol. The summed E-state index contributed by atoms with van der Waals surface area (Å²) in [6.45, 7) is 4.50. The number of nitrogens with zero attached hydrogens (tertiary/aromatic N) is 2. The van der Waals surface area contributed by atoms with Crippen LogP contribution >= 0.6 is 11.8 Å². The van der Waals surface area contributed by atoms with E-state index in [4.69, 9.17) is 14.2 Å². The van der Waals surface area contributed by atoms with Crippen LogP contribution in [0, 0.1) is 0 Å². The van der Waals surface area contributed by atoms with E-state index < -0.39 is 5.97 Å². The Balaban J connectivity index is 1.85. The van der Waals surface area contributed by atoms with Crippen LogP contribution in [0.25, 0.3) is 6.08 Å². The largest absolute Gasteiger partial charge is 0.493 e. The van der Waals surface area contributed by atoms with Crippen molar-refractivity contribution in [2.45, 2.75) is 13.8 Å². The third kappa shape index (κ3) is 5.27. The van der Waals surface area contributed by atoms with Gasteiger partial charge in [0.1, 0.15) is 0 Å². The molecule has 1 saturated heterocycles. The van der Waals surface area contributed by atoms with Gasteiger partial charge in [-0.25, -0.2) is 9.79 Å². The summed E-state index contributed by atoms with van der Waals surface area (Å²) in [5.74, 6) is 0.694. The Labute approximate surface area is 185 Å². The summed E-state index contributed by atoms with van der Waals surface area (Å²) in [5, 5.41) is 0.523. The predicted molar refractivity (Wildman–Crippen MR) is 122 cm³/mol. The third-order valence-corrected chi connectivity index (χ3v) is 5.43. The number of amides is 1. The summed E-state index contributed by atoms with van der Waals surface area (Å²) >= 11 is 1.27. The van der Waals surface area contributed by atoms with Gasteiger partial charge >= 0.3 is 5.97 Å². The first kappa shape index (κ1) is 22.4. The van der Waals surface area contributed by atoms with Crippen molar-refractivity contribution in [1.29, 1.82) is 0 Å². The minimum absolute atomic E-state index is 0.154. The van der Waals surface area contributed by atoms with Gasteiger partial charge in [-0.3, -0.25) is 9.69 Å². The lowest BCUT2D eigenvalue weighted by atomic mass is 10.2. The van der Waals surface area contributed by atoms with E-state index in [1.54, 1.807) is 51.4 Å². The van der Waals surface area contributed by atoms with Gasteiger partial charge in [0.2, 0.25) is 0 Å². The Morgan fingerprint density at radius 2 is 1.94 bits per heavy atom. The Morgan fingerprint density at radius 3 is 2.65 bits per heavy atom. The maximum absolute atomic E-state index is 12.7. The molecule has 7 nitrogen and oxygen atoms in total. The smallest absolute Gasteiger partial charge is 0.338 e. The van der Waals surface area contributed by atoms with Crippen LogP contribution in [0.1, 0.15) is 29.8 Å². The molecule has 162 valence electrons. The van der Waals surface area contributed by atoms with Gasteiger partial charge in [0.05, 0.1) is 36.5 Å². The molecule has 2 aromatic rings. The summed E-state index contributed by atoms with van der Waals surface area (Å²) in [4.78, 5) is 31.2. The van der Waals surface area contributed by atoms with Gasteiger partial charge in [0.25, 0.3) is 5.91 Å². The first-order valence-electron chi connectivity index (χ1n) is 9.81. The van der Waals surface area contributed by atoms with Crippen LogP contribution in [-0.2, 0) is 9.53 Å². The summed E-state index contributed by atoms with van der Waals surface area (Å²) in [7, 11) is 3.25. The van der Waals surface area contributed by atoms with Crippen molar-refractivity contribution < 1.29 is 23.8 Å². The lowest BCUT2D eigenvalue weighted by molar-refractivity contribution is -0.121. The van der Waals surface area contributed by atoms with E-state index in [1.165, 1.54) is 16.7 Å². The molecule has 0 unspecified atom stereocenters. The molecule has 0 aromatic heterocycles. The van der Waals surface area contributed by atoms with Crippen molar-refractivity contribution in [3.63, 3.8) is 0 Å². The van der Waals surface area contributed by atoms with E-state index in [0.29, 0.717) is 46.0 Å².